The van der Waals surface area contributed by atoms with Crippen molar-refractivity contribution in [3.8, 4) is 0 Å². The van der Waals surface area contributed by atoms with Crippen LogP contribution in [0.15, 0.2) is 18.2 Å². The van der Waals surface area contributed by atoms with Crippen molar-refractivity contribution in [3.05, 3.63) is 39.4 Å². The summed E-state index contributed by atoms with van der Waals surface area (Å²) in [6.07, 6.45) is 2.72. The van der Waals surface area contributed by atoms with Crippen molar-refractivity contribution < 1.29 is 49.2 Å². The third-order valence-corrected chi connectivity index (χ3v) is 4.02. The minimum atomic E-state index is -1.35. The Morgan fingerprint density at radius 2 is 2.14 bits per heavy atom. The van der Waals surface area contributed by atoms with Gasteiger partial charge in [-0.25, -0.2) is 0 Å². The van der Waals surface area contributed by atoms with E-state index in [9.17, 15) is 24.8 Å². The zero-order chi connectivity index (χ0) is 15.6. The van der Waals surface area contributed by atoms with Crippen molar-refractivity contribution in [2.45, 2.75) is 38.5 Å². The average Bonchev–Trinajstić information content (AvgIpc) is 2.83. The Morgan fingerprint density at radius 1 is 1.45 bits per heavy atom. The topological polar surface area (TPSA) is 100 Å². The molecule has 2 rings (SSSR count). The molecule has 0 heterocycles. The second kappa shape index (κ2) is 7.85. The monoisotopic (exact) mass is 313 g/mol. The second-order valence-corrected chi connectivity index (χ2v) is 5.45. The summed E-state index contributed by atoms with van der Waals surface area (Å²) in [6.45, 7) is 1.36. The largest absolute Gasteiger partial charge is 1.00 e. The van der Waals surface area contributed by atoms with Gasteiger partial charge in [0.25, 0.3) is 5.69 Å². The molecule has 1 fully saturated rings. The molecule has 0 aliphatic heterocycles. The first-order valence-electron chi connectivity index (χ1n) is 6.91. The van der Waals surface area contributed by atoms with Crippen LogP contribution in [0.1, 0.15) is 43.2 Å². The second-order valence-electron chi connectivity index (χ2n) is 5.45. The summed E-state index contributed by atoms with van der Waals surface area (Å²) in [5, 5.41) is 22.0. The number of nitro benzene ring substituents is 1. The molecule has 0 N–H and O–H groups in total. The zero-order valence-electron chi connectivity index (χ0n) is 12.7. The molecule has 2 atom stereocenters. The minimum absolute atomic E-state index is 0. The molecule has 1 aliphatic carbocycles. The Hall–Kier alpha value is -1.24. The third kappa shape index (κ3) is 4.15. The maximum Gasteiger partial charge on any atom is 1.00 e. The van der Waals surface area contributed by atoms with Gasteiger partial charge in [-0.2, -0.15) is 0 Å². The first kappa shape index (κ1) is 18.8. The minimum Gasteiger partial charge on any atom is -0.550 e. The first-order chi connectivity index (χ1) is 9.90. The van der Waals surface area contributed by atoms with Gasteiger partial charge in [-0.3, -0.25) is 14.9 Å². The van der Waals surface area contributed by atoms with Crippen molar-refractivity contribution in [3.63, 3.8) is 0 Å². The van der Waals surface area contributed by atoms with Crippen molar-refractivity contribution in [1.82, 2.24) is 0 Å². The van der Waals surface area contributed by atoms with E-state index < -0.39 is 16.8 Å². The molecule has 1 aliphatic rings. The molecule has 2 unspecified atom stereocenters. The van der Waals surface area contributed by atoms with Crippen molar-refractivity contribution in [2.24, 2.45) is 5.92 Å². The van der Waals surface area contributed by atoms with E-state index in [0.29, 0.717) is 18.4 Å². The van der Waals surface area contributed by atoms with E-state index in [0.717, 1.165) is 12.8 Å². The van der Waals surface area contributed by atoms with Gasteiger partial charge in [0.2, 0.25) is 0 Å². The van der Waals surface area contributed by atoms with Gasteiger partial charge in [0.15, 0.2) is 0 Å². The van der Waals surface area contributed by atoms with Gasteiger partial charge in [0.05, 0.1) is 4.92 Å². The van der Waals surface area contributed by atoms with Crippen LogP contribution in [-0.2, 0) is 16.0 Å². The number of carbonyl (C=O) groups excluding carboxylic acids is 2. The van der Waals surface area contributed by atoms with E-state index in [1.807, 2.05) is 0 Å². The zero-order valence-corrected chi connectivity index (χ0v) is 14.7. The fraction of sp³-hybridized carbons (Fsp3) is 0.467. The molecule has 0 aromatic heterocycles. The van der Waals surface area contributed by atoms with Gasteiger partial charge in [-0.1, -0.05) is 19.1 Å². The molecule has 0 amide bonds. The van der Waals surface area contributed by atoms with E-state index >= 15 is 0 Å². The van der Waals surface area contributed by atoms with Crippen LogP contribution in [-0.4, -0.2) is 16.7 Å². The number of rotatable bonds is 5. The number of carboxylic acids is 1. The fourth-order valence-corrected chi connectivity index (χ4v) is 2.76. The van der Waals surface area contributed by atoms with Crippen LogP contribution < -0.4 is 34.7 Å². The van der Waals surface area contributed by atoms with Crippen LogP contribution >= 0.6 is 0 Å². The van der Waals surface area contributed by atoms with E-state index in [-0.39, 0.29) is 52.5 Å². The molecule has 0 spiro atoms. The van der Waals surface area contributed by atoms with Gasteiger partial charge < -0.3 is 9.90 Å². The van der Waals surface area contributed by atoms with Crippen molar-refractivity contribution >= 4 is 17.4 Å². The molecular weight excluding hydrogens is 297 g/mol. The van der Waals surface area contributed by atoms with Crippen LogP contribution in [0.2, 0.25) is 0 Å². The Kier molecular flexibility index (Phi) is 6.71. The van der Waals surface area contributed by atoms with Crippen LogP contribution in [0.3, 0.4) is 0 Å². The van der Waals surface area contributed by atoms with Gasteiger partial charge in [0, 0.05) is 35.9 Å². The van der Waals surface area contributed by atoms with Crippen LogP contribution in [0.5, 0.6) is 0 Å². The maximum atomic E-state index is 11.6. The van der Waals surface area contributed by atoms with Gasteiger partial charge in [0.1, 0.15) is 5.78 Å². The number of hydrogen-bond donors (Lipinski definition) is 0. The summed E-state index contributed by atoms with van der Waals surface area (Å²) in [6, 6.07) is 4.49. The normalized spacial score (nSPS) is 18.6. The molecule has 22 heavy (non-hydrogen) atoms. The number of carbonyl (C=O) groups is 2. The number of aliphatic carboxylic acids is 1. The molecule has 7 heteroatoms. The van der Waals surface area contributed by atoms with Gasteiger partial charge in [-0.05, 0) is 24.8 Å². The van der Waals surface area contributed by atoms with Crippen molar-refractivity contribution in [1.29, 1.82) is 0 Å². The predicted octanol–water partition coefficient (Wildman–Crippen LogP) is -1.64. The van der Waals surface area contributed by atoms with E-state index in [1.165, 1.54) is 19.1 Å². The number of ketones is 1. The van der Waals surface area contributed by atoms with E-state index in [2.05, 4.69) is 0 Å². The first-order valence-corrected chi connectivity index (χ1v) is 6.91. The third-order valence-electron chi connectivity index (χ3n) is 4.02. The molecule has 1 aromatic rings. The summed E-state index contributed by atoms with van der Waals surface area (Å²) >= 11 is 0. The molecule has 1 saturated carbocycles. The quantitative estimate of drug-likeness (QED) is 0.369. The molecule has 0 bridgehead atoms. The number of benzene rings is 1. The molecule has 0 radical (unpaired) electrons. The number of nitrogens with zero attached hydrogens (tertiary/aromatic N) is 1. The van der Waals surface area contributed by atoms with Crippen LogP contribution in [0.4, 0.5) is 5.69 Å². The van der Waals surface area contributed by atoms with Crippen molar-refractivity contribution in [2.75, 3.05) is 0 Å². The molecule has 112 valence electrons. The average molecular weight is 313 g/mol. The Morgan fingerprint density at radius 3 is 2.64 bits per heavy atom. The van der Waals surface area contributed by atoms with Crippen LogP contribution in [0, 0.1) is 16.0 Å². The Balaban J connectivity index is 0.00000242. The summed E-state index contributed by atoms with van der Waals surface area (Å²) in [7, 11) is 0. The summed E-state index contributed by atoms with van der Waals surface area (Å²) in [4.78, 5) is 33.1. The Labute approximate surface area is 150 Å². The van der Waals surface area contributed by atoms with Gasteiger partial charge in [-0.15, -0.1) is 0 Å². The molecule has 6 nitrogen and oxygen atoms in total. The number of carboxylic acid groups (broad SMARTS) is 1. The smallest absolute Gasteiger partial charge is 0.550 e. The molecule has 1 aromatic carbocycles. The SMILES string of the molecule is CC(C(=O)[O-])c1ccc(CC2CCCC2=O)cc1[N+](=O)[O-].[Na+]. The fourth-order valence-electron chi connectivity index (χ4n) is 2.76. The molecule has 0 saturated heterocycles. The number of hydrogen-bond acceptors (Lipinski definition) is 5. The van der Waals surface area contributed by atoms with Crippen LogP contribution in [0.25, 0.3) is 0 Å². The molecular formula is C15H16NNaO5. The maximum absolute atomic E-state index is 11.6. The number of Topliss-reactive ketones (excluding diaryl/α,β-unsaturated/α-hetero) is 1. The standard InChI is InChI=1S/C15H17NO5.Na/c1-9(15(18)19)12-6-5-10(8-13(12)16(20)21)7-11-3-2-4-14(11)17;/h5-6,8-9,11H,2-4,7H2,1H3,(H,18,19);/q;+1/p-1. The number of nitro groups is 1. The Bertz CT molecular complexity index is 602. The van der Waals surface area contributed by atoms with Gasteiger partial charge >= 0.3 is 29.6 Å². The predicted molar refractivity (Wildman–Crippen MR) is 72.6 cm³/mol. The summed E-state index contributed by atoms with van der Waals surface area (Å²) < 4.78 is 0. The summed E-state index contributed by atoms with van der Waals surface area (Å²) in [5.41, 5.74) is 0.590. The van der Waals surface area contributed by atoms with E-state index in [1.54, 1.807) is 6.07 Å². The summed E-state index contributed by atoms with van der Waals surface area (Å²) in [5.74, 6) is -2.27. The van der Waals surface area contributed by atoms with E-state index in [4.69, 9.17) is 0 Å².